The summed E-state index contributed by atoms with van der Waals surface area (Å²) in [5.74, 6) is 0.764. The van der Waals surface area contributed by atoms with Crippen LogP contribution >= 0.6 is 0 Å². The Labute approximate surface area is 128 Å². The molecule has 22 heavy (non-hydrogen) atoms. The third kappa shape index (κ3) is 3.13. The van der Waals surface area contributed by atoms with E-state index < -0.39 is 0 Å². The van der Waals surface area contributed by atoms with Crippen LogP contribution in [0.1, 0.15) is 12.5 Å². The van der Waals surface area contributed by atoms with Gasteiger partial charge in [-0.15, -0.1) is 14.8 Å². The van der Waals surface area contributed by atoms with Gasteiger partial charge in [0.1, 0.15) is 5.82 Å². The number of rotatable bonds is 6. The zero-order chi connectivity index (χ0) is 15.4. The molecule has 3 rings (SSSR count). The lowest BCUT2D eigenvalue weighted by Crippen LogP contribution is -2.29. The number of hydrogen-bond acceptors (Lipinski definition) is 6. The first kappa shape index (κ1) is 14.2. The molecule has 0 radical (unpaired) electrons. The first-order chi connectivity index (χ1) is 10.8. The molecule has 7 nitrogen and oxygen atoms in total. The molecule has 1 N–H and O–H groups in total. The van der Waals surface area contributed by atoms with Gasteiger partial charge in [-0.2, -0.15) is 0 Å². The van der Waals surface area contributed by atoms with Gasteiger partial charge in [-0.1, -0.05) is 12.1 Å². The Balaban J connectivity index is 1.61. The summed E-state index contributed by atoms with van der Waals surface area (Å²) >= 11 is 0. The molecule has 3 aromatic rings. The molecule has 0 amide bonds. The summed E-state index contributed by atoms with van der Waals surface area (Å²) in [6.07, 6.45) is 0. The summed E-state index contributed by atoms with van der Waals surface area (Å²) in [5, 5.41) is 18.8. The number of aryl methyl sites for hydroxylation is 1. The Morgan fingerprint density at radius 1 is 1.23 bits per heavy atom. The lowest BCUT2D eigenvalue weighted by molar-refractivity contribution is 0.732. The van der Waals surface area contributed by atoms with Gasteiger partial charge in [-0.05, 0) is 54.1 Å². The SMILES string of the molecule is CCN(CCNc1ccc2nnnn2n1)c1cccc(C)c1. The predicted octanol–water partition coefficient (Wildman–Crippen LogP) is 1.77. The molecular formula is C15H19N7. The zero-order valence-electron chi connectivity index (χ0n) is 12.8. The number of tetrazole rings is 1. The van der Waals surface area contributed by atoms with Crippen LogP contribution in [0.15, 0.2) is 36.4 Å². The van der Waals surface area contributed by atoms with Gasteiger partial charge in [-0.3, -0.25) is 0 Å². The molecule has 0 spiro atoms. The zero-order valence-corrected chi connectivity index (χ0v) is 12.8. The van der Waals surface area contributed by atoms with Crippen LogP contribution in [0, 0.1) is 6.92 Å². The highest BCUT2D eigenvalue weighted by Gasteiger charge is 2.05. The molecule has 0 aliphatic carbocycles. The fourth-order valence-corrected chi connectivity index (χ4v) is 2.36. The van der Waals surface area contributed by atoms with E-state index in [4.69, 9.17) is 0 Å². The second-order valence-electron chi connectivity index (χ2n) is 5.09. The average Bonchev–Trinajstić information content (AvgIpc) is 2.99. The highest BCUT2D eigenvalue weighted by Crippen LogP contribution is 2.15. The standard InChI is InChI=1S/C15H19N7/c1-3-21(13-6-4-5-12(2)11-13)10-9-16-14-7-8-15-17-19-20-22(15)18-14/h4-8,11H,3,9-10H2,1-2H3,(H,16,18). The Morgan fingerprint density at radius 3 is 2.95 bits per heavy atom. The number of likely N-dealkylation sites (N-methyl/N-ethyl adjacent to an activating group) is 1. The molecule has 0 saturated heterocycles. The molecule has 0 unspecified atom stereocenters. The number of fused-ring (bicyclic) bond motifs is 1. The van der Waals surface area contributed by atoms with Gasteiger partial charge in [0.2, 0.25) is 0 Å². The average molecular weight is 297 g/mol. The van der Waals surface area contributed by atoms with Crippen molar-refractivity contribution in [1.82, 2.24) is 25.3 Å². The van der Waals surface area contributed by atoms with E-state index in [1.54, 1.807) is 0 Å². The van der Waals surface area contributed by atoms with Crippen LogP contribution in [0.4, 0.5) is 11.5 Å². The summed E-state index contributed by atoms with van der Waals surface area (Å²) < 4.78 is 1.42. The Morgan fingerprint density at radius 2 is 2.14 bits per heavy atom. The van der Waals surface area contributed by atoms with Crippen molar-refractivity contribution in [2.45, 2.75) is 13.8 Å². The first-order valence-electron chi connectivity index (χ1n) is 7.37. The van der Waals surface area contributed by atoms with E-state index in [-0.39, 0.29) is 0 Å². The minimum atomic E-state index is 0.639. The van der Waals surface area contributed by atoms with E-state index in [9.17, 15) is 0 Å². The van der Waals surface area contributed by atoms with E-state index >= 15 is 0 Å². The number of anilines is 2. The van der Waals surface area contributed by atoms with E-state index in [2.05, 4.69) is 69.0 Å². The summed E-state index contributed by atoms with van der Waals surface area (Å²) in [6.45, 7) is 6.93. The van der Waals surface area contributed by atoms with Crippen molar-refractivity contribution in [1.29, 1.82) is 0 Å². The van der Waals surface area contributed by atoms with Gasteiger partial charge >= 0.3 is 0 Å². The Bertz CT molecular complexity index is 752. The van der Waals surface area contributed by atoms with Crippen LogP contribution in [0.5, 0.6) is 0 Å². The van der Waals surface area contributed by atoms with Crippen molar-refractivity contribution in [2.75, 3.05) is 29.9 Å². The number of nitrogens with zero attached hydrogens (tertiary/aromatic N) is 6. The summed E-state index contributed by atoms with van der Waals surface area (Å²) in [4.78, 5) is 2.33. The molecule has 7 heteroatoms. The van der Waals surface area contributed by atoms with Gasteiger partial charge in [-0.25, -0.2) is 0 Å². The molecule has 0 aliphatic rings. The second kappa shape index (κ2) is 6.38. The molecular weight excluding hydrogens is 278 g/mol. The van der Waals surface area contributed by atoms with Crippen LogP contribution in [-0.4, -0.2) is 44.9 Å². The number of nitrogens with one attached hydrogen (secondary N) is 1. The molecule has 0 saturated carbocycles. The van der Waals surface area contributed by atoms with E-state index in [0.29, 0.717) is 5.65 Å². The van der Waals surface area contributed by atoms with Crippen LogP contribution in [0.2, 0.25) is 0 Å². The number of aromatic nitrogens is 5. The lowest BCUT2D eigenvalue weighted by Gasteiger charge is -2.23. The monoisotopic (exact) mass is 297 g/mol. The van der Waals surface area contributed by atoms with Crippen molar-refractivity contribution in [3.63, 3.8) is 0 Å². The number of benzene rings is 1. The lowest BCUT2D eigenvalue weighted by atomic mass is 10.2. The highest BCUT2D eigenvalue weighted by molar-refractivity contribution is 5.49. The van der Waals surface area contributed by atoms with Crippen LogP contribution in [-0.2, 0) is 0 Å². The van der Waals surface area contributed by atoms with E-state index in [1.165, 1.54) is 15.9 Å². The first-order valence-corrected chi connectivity index (χ1v) is 7.37. The van der Waals surface area contributed by atoms with Crippen LogP contribution < -0.4 is 10.2 Å². The third-order valence-electron chi connectivity index (χ3n) is 3.51. The topological polar surface area (TPSA) is 71.2 Å². The predicted molar refractivity (Wildman–Crippen MR) is 86.1 cm³/mol. The van der Waals surface area contributed by atoms with Crippen LogP contribution in [0.25, 0.3) is 5.65 Å². The summed E-state index contributed by atoms with van der Waals surface area (Å²) in [5.41, 5.74) is 3.16. The molecule has 0 aliphatic heterocycles. The Hall–Kier alpha value is -2.70. The molecule has 0 bridgehead atoms. The minimum Gasteiger partial charge on any atom is -0.370 e. The number of hydrogen-bond donors (Lipinski definition) is 1. The van der Waals surface area contributed by atoms with Crippen LogP contribution in [0.3, 0.4) is 0 Å². The molecule has 1 aromatic carbocycles. The van der Waals surface area contributed by atoms with Gasteiger partial charge in [0.05, 0.1) is 0 Å². The van der Waals surface area contributed by atoms with Crippen molar-refractivity contribution < 1.29 is 0 Å². The van der Waals surface area contributed by atoms with Crippen molar-refractivity contribution in [3.8, 4) is 0 Å². The maximum absolute atomic E-state index is 4.30. The Kier molecular flexibility index (Phi) is 4.13. The highest BCUT2D eigenvalue weighted by atomic mass is 15.6. The molecule has 114 valence electrons. The maximum Gasteiger partial charge on any atom is 0.200 e. The third-order valence-corrected chi connectivity index (χ3v) is 3.51. The quantitative estimate of drug-likeness (QED) is 0.747. The molecule has 2 heterocycles. The van der Waals surface area contributed by atoms with Crippen molar-refractivity contribution >= 4 is 17.2 Å². The smallest absolute Gasteiger partial charge is 0.200 e. The largest absolute Gasteiger partial charge is 0.370 e. The minimum absolute atomic E-state index is 0.639. The van der Waals surface area contributed by atoms with Crippen molar-refractivity contribution in [2.24, 2.45) is 0 Å². The van der Waals surface area contributed by atoms with E-state index in [0.717, 1.165) is 25.5 Å². The normalized spacial score (nSPS) is 10.8. The van der Waals surface area contributed by atoms with Gasteiger partial charge in [0, 0.05) is 25.3 Å². The maximum atomic E-state index is 4.30. The summed E-state index contributed by atoms with van der Waals surface area (Å²) in [7, 11) is 0. The summed E-state index contributed by atoms with van der Waals surface area (Å²) in [6, 6.07) is 12.3. The molecule has 0 atom stereocenters. The van der Waals surface area contributed by atoms with Crippen molar-refractivity contribution in [3.05, 3.63) is 42.0 Å². The van der Waals surface area contributed by atoms with Gasteiger partial charge in [0.25, 0.3) is 0 Å². The fourth-order valence-electron chi connectivity index (χ4n) is 2.36. The van der Waals surface area contributed by atoms with Gasteiger partial charge < -0.3 is 10.2 Å². The van der Waals surface area contributed by atoms with E-state index in [1.807, 2.05) is 12.1 Å². The van der Waals surface area contributed by atoms with Gasteiger partial charge in [0.15, 0.2) is 5.65 Å². The molecule has 0 fully saturated rings. The second-order valence-corrected chi connectivity index (χ2v) is 5.09. The molecule has 2 aromatic heterocycles. The fraction of sp³-hybridized carbons (Fsp3) is 0.333.